The topological polar surface area (TPSA) is 86.8 Å². The molecule has 196 valence electrons. The zero-order valence-electron chi connectivity index (χ0n) is 20.8. The van der Waals surface area contributed by atoms with Gasteiger partial charge < -0.3 is 10.2 Å². The highest BCUT2D eigenvalue weighted by Gasteiger charge is 2.32. The van der Waals surface area contributed by atoms with Gasteiger partial charge in [0.05, 0.1) is 10.6 Å². The number of carbonyl (C=O) groups excluding carboxylic acids is 2. The van der Waals surface area contributed by atoms with Gasteiger partial charge in [-0.05, 0) is 74.9 Å². The number of hydrogen-bond acceptors (Lipinski definition) is 4. The molecule has 0 spiro atoms. The van der Waals surface area contributed by atoms with Crippen LogP contribution in [-0.4, -0.2) is 44.3 Å². The van der Waals surface area contributed by atoms with Crippen LogP contribution in [0.1, 0.15) is 25.0 Å². The van der Waals surface area contributed by atoms with E-state index in [1.54, 1.807) is 74.5 Å². The molecule has 0 saturated heterocycles. The lowest BCUT2D eigenvalue weighted by atomic mass is 10.1. The number of nitrogens with zero attached hydrogens (tertiary/aromatic N) is 2. The van der Waals surface area contributed by atoms with Crippen LogP contribution in [-0.2, 0) is 26.2 Å². The Morgan fingerprint density at radius 3 is 2.27 bits per heavy atom. The van der Waals surface area contributed by atoms with Gasteiger partial charge in [0.1, 0.15) is 12.6 Å². The average Bonchev–Trinajstić information content (AvgIpc) is 2.86. The lowest BCUT2D eigenvalue weighted by Crippen LogP contribution is -2.51. The maximum atomic E-state index is 13.8. The van der Waals surface area contributed by atoms with E-state index in [0.717, 1.165) is 14.3 Å². The number of hydrogen-bond donors (Lipinski definition) is 1. The molecular weight excluding hydrogens is 578 g/mol. The van der Waals surface area contributed by atoms with E-state index >= 15 is 0 Å². The van der Waals surface area contributed by atoms with Crippen molar-refractivity contribution in [3.8, 4) is 0 Å². The molecule has 0 aromatic heterocycles. The molecule has 1 atom stereocenters. The van der Waals surface area contributed by atoms with Crippen LogP contribution in [0.3, 0.4) is 0 Å². The molecule has 7 nitrogen and oxygen atoms in total. The van der Waals surface area contributed by atoms with Crippen molar-refractivity contribution in [2.24, 2.45) is 0 Å². The zero-order valence-corrected chi connectivity index (χ0v) is 24.0. The highest BCUT2D eigenvalue weighted by Crippen LogP contribution is 2.26. The minimum Gasteiger partial charge on any atom is -0.355 e. The van der Waals surface area contributed by atoms with Crippen LogP contribution in [0.4, 0.5) is 5.69 Å². The summed E-state index contributed by atoms with van der Waals surface area (Å²) in [4.78, 5) is 27.9. The van der Waals surface area contributed by atoms with Gasteiger partial charge >= 0.3 is 0 Å². The number of rotatable bonds is 10. The maximum Gasteiger partial charge on any atom is 0.264 e. The van der Waals surface area contributed by atoms with Crippen LogP contribution >= 0.6 is 27.5 Å². The molecule has 0 fully saturated rings. The van der Waals surface area contributed by atoms with Crippen LogP contribution in [0.25, 0.3) is 0 Å². The van der Waals surface area contributed by atoms with Gasteiger partial charge in [-0.3, -0.25) is 13.9 Å². The van der Waals surface area contributed by atoms with Crippen molar-refractivity contribution in [3.63, 3.8) is 0 Å². The molecule has 1 N–H and O–H groups in total. The van der Waals surface area contributed by atoms with E-state index in [4.69, 9.17) is 11.6 Å². The molecule has 0 saturated carbocycles. The Morgan fingerprint density at radius 1 is 1.03 bits per heavy atom. The molecule has 3 aromatic rings. The summed E-state index contributed by atoms with van der Waals surface area (Å²) in [5.74, 6) is -0.869. The summed E-state index contributed by atoms with van der Waals surface area (Å²) in [5.41, 5.74) is 1.95. The summed E-state index contributed by atoms with van der Waals surface area (Å²) in [6.45, 7) is 5.25. The lowest BCUT2D eigenvalue weighted by molar-refractivity contribution is -0.139. The highest BCUT2D eigenvalue weighted by atomic mass is 79.9. The van der Waals surface area contributed by atoms with Crippen molar-refractivity contribution in [1.82, 2.24) is 10.2 Å². The van der Waals surface area contributed by atoms with E-state index in [9.17, 15) is 18.0 Å². The van der Waals surface area contributed by atoms with E-state index in [1.165, 1.54) is 17.0 Å². The SMILES string of the molecule is CCNC(=O)C(C)N(Cc1cccc(Cl)c1)C(=O)CN(c1ccc(Br)cc1)S(=O)(=O)c1ccc(C)cc1. The molecule has 0 bridgehead atoms. The second kappa shape index (κ2) is 12.6. The van der Waals surface area contributed by atoms with Crippen molar-refractivity contribution in [2.75, 3.05) is 17.4 Å². The van der Waals surface area contributed by atoms with Crippen molar-refractivity contribution in [1.29, 1.82) is 0 Å². The number of benzene rings is 3. The first-order valence-corrected chi connectivity index (χ1v) is 14.3. The number of amides is 2. The molecule has 37 heavy (non-hydrogen) atoms. The van der Waals surface area contributed by atoms with Gasteiger partial charge in [0.2, 0.25) is 11.8 Å². The quantitative estimate of drug-likeness (QED) is 0.346. The fourth-order valence-corrected chi connectivity index (χ4v) is 5.60. The zero-order chi connectivity index (χ0) is 27.2. The predicted octanol–water partition coefficient (Wildman–Crippen LogP) is 5.16. The number of anilines is 1. The van der Waals surface area contributed by atoms with Gasteiger partial charge in [0.15, 0.2) is 0 Å². The minimum atomic E-state index is -4.10. The predicted molar refractivity (Wildman–Crippen MR) is 150 cm³/mol. The second-order valence-electron chi connectivity index (χ2n) is 8.52. The Kier molecular flexibility index (Phi) is 9.75. The molecule has 0 aliphatic heterocycles. The average molecular weight is 607 g/mol. The smallest absolute Gasteiger partial charge is 0.264 e. The highest BCUT2D eigenvalue weighted by molar-refractivity contribution is 9.10. The first kappa shape index (κ1) is 28.7. The molecule has 1 unspecified atom stereocenters. The van der Waals surface area contributed by atoms with Crippen LogP contribution < -0.4 is 9.62 Å². The molecular formula is C27H29BrClN3O4S. The van der Waals surface area contributed by atoms with Gasteiger partial charge in [0, 0.05) is 22.6 Å². The molecule has 10 heteroatoms. The monoisotopic (exact) mass is 605 g/mol. The number of nitrogens with one attached hydrogen (secondary N) is 1. The van der Waals surface area contributed by atoms with Gasteiger partial charge in [-0.2, -0.15) is 0 Å². The van der Waals surface area contributed by atoms with Crippen molar-refractivity contribution < 1.29 is 18.0 Å². The Hall–Kier alpha value is -2.88. The Balaban J connectivity index is 2.02. The van der Waals surface area contributed by atoms with Crippen molar-refractivity contribution in [3.05, 3.63) is 93.4 Å². The fraction of sp³-hybridized carbons (Fsp3) is 0.259. The second-order valence-corrected chi connectivity index (χ2v) is 11.7. The summed E-state index contributed by atoms with van der Waals surface area (Å²) in [7, 11) is -4.10. The summed E-state index contributed by atoms with van der Waals surface area (Å²) < 4.78 is 29.3. The van der Waals surface area contributed by atoms with E-state index in [2.05, 4.69) is 21.2 Å². The number of aryl methyl sites for hydroxylation is 1. The standard InChI is InChI=1S/C27H29BrClN3O4S/c1-4-30-27(34)20(3)31(17-21-6-5-7-23(29)16-21)26(33)18-32(24-12-10-22(28)11-13-24)37(35,36)25-14-8-19(2)9-15-25/h5-16,20H,4,17-18H2,1-3H3,(H,30,34). The van der Waals surface area contributed by atoms with E-state index in [0.29, 0.717) is 22.8 Å². The van der Waals surface area contributed by atoms with Crippen LogP contribution in [0.2, 0.25) is 5.02 Å². The summed E-state index contributed by atoms with van der Waals surface area (Å²) in [6.07, 6.45) is 0. The third-order valence-electron chi connectivity index (χ3n) is 5.76. The third kappa shape index (κ3) is 7.34. The van der Waals surface area contributed by atoms with E-state index < -0.39 is 28.5 Å². The van der Waals surface area contributed by atoms with Crippen LogP contribution in [0, 0.1) is 6.92 Å². The Bertz CT molecular complexity index is 1350. The molecule has 3 rings (SSSR count). The third-order valence-corrected chi connectivity index (χ3v) is 8.31. The molecule has 0 heterocycles. The number of likely N-dealkylation sites (N-methyl/N-ethyl adjacent to an activating group) is 1. The normalized spacial score (nSPS) is 12.0. The van der Waals surface area contributed by atoms with Crippen LogP contribution in [0.5, 0.6) is 0 Å². The van der Waals surface area contributed by atoms with E-state index in [-0.39, 0.29) is 17.3 Å². The number of carbonyl (C=O) groups is 2. The largest absolute Gasteiger partial charge is 0.355 e. The summed E-state index contributed by atoms with van der Waals surface area (Å²) in [6, 6.07) is 19.2. The van der Waals surface area contributed by atoms with E-state index in [1.807, 2.05) is 6.92 Å². The van der Waals surface area contributed by atoms with Crippen molar-refractivity contribution >= 4 is 55.1 Å². The Labute approximate surface area is 231 Å². The summed E-state index contributed by atoms with van der Waals surface area (Å²) >= 11 is 9.51. The van der Waals surface area contributed by atoms with Crippen molar-refractivity contribution in [2.45, 2.75) is 38.3 Å². The fourth-order valence-electron chi connectivity index (χ4n) is 3.71. The molecule has 2 amide bonds. The van der Waals surface area contributed by atoms with Gasteiger partial charge in [-0.25, -0.2) is 8.42 Å². The van der Waals surface area contributed by atoms with Gasteiger partial charge in [0.25, 0.3) is 10.0 Å². The van der Waals surface area contributed by atoms with Crippen LogP contribution in [0.15, 0.2) is 82.2 Å². The van der Waals surface area contributed by atoms with Gasteiger partial charge in [-0.15, -0.1) is 0 Å². The lowest BCUT2D eigenvalue weighted by Gasteiger charge is -2.32. The number of sulfonamides is 1. The van der Waals surface area contributed by atoms with Gasteiger partial charge in [-0.1, -0.05) is 57.4 Å². The Morgan fingerprint density at radius 2 is 1.68 bits per heavy atom. The molecule has 3 aromatic carbocycles. The first-order valence-electron chi connectivity index (χ1n) is 11.7. The summed E-state index contributed by atoms with van der Waals surface area (Å²) in [5, 5.41) is 3.23. The molecule has 0 aliphatic carbocycles. The molecule has 0 radical (unpaired) electrons. The first-order chi connectivity index (χ1) is 17.5. The number of halogens is 2. The maximum absolute atomic E-state index is 13.8. The minimum absolute atomic E-state index is 0.0620. The molecule has 0 aliphatic rings.